The Morgan fingerprint density at radius 3 is 2.62 bits per heavy atom. The van der Waals surface area contributed by atoms with Gasteiger partial charge in [0.1, 0.15) is 5.78 Å². The maximum atomic E-state index is 13.2. The van der Waals surface area contributed by atoms with E-state index >= 15 is 0 Å². The summed E-state index contributed by atoms with van der Waals surface area (Å²) in [5.41, 5.74) is 0.564. The highest BCUT2D eigenvalue weighted by molar-refractivity contribution is 7.90. The number of nitrogens with zero attached hydrogens (tertiary/aromatic N) is 1. The Balaban J connectivity index is 1.88. The van der Waals surface area contributed by atoms with Crippen molar-refractivity contribution in [3.63, 3.8) is 0 Å². The highest BCUT2D eigenvalue weighted by Crippen LogP contribution is 2.35. The number of thiazole rings is 1. The zero-order valence-corrected chi connectivity index (χ0v) is 18.0. The fraction of sp³-hybridized carbons (Fsp3) is 0.421. The van der Waals surface area contributed by atoms with Crippen LogP contribution >= 0.6 is 22.9 Å². The Kier molecular flexibility index (Phi) is 6.70. The third-order valence-electron chi connectivity index (χ3n) is 5.01. The molecule has 1 unspecified atom stereocenters. The molecular weight excluding hydrogens is 439 g/mol. The minimum absolute atomic E-state index is 0.00710. The Labute approximate surface area is 177 Å². The van der Waals surface area contributed by atoms with Crippen molar-refractivity contribution >= 4 is 49.6 Å². The molecule has 1 aromatic carbocycles. The number of ketones is 1. The summed E-state index contributed by atoms with van der Waals surface area (Å²) < 4.78 is 36.9. The van der Waals surface area contributed by atoms with Gasteiger partial charge in [-0.2, -0.15) is 4.39 Å². The lowest BCUT2D eigenvalue weighted by atomic mass is 9.80. The number of halogens is 2. The van der Waals surface area contributed by atoms with Gasteiger partial charge in [-0.1, -0.05) is 29.0 Å². The van der Waals surface area contributed by atoms with E-state index < -0.39 is 20.9 Å². The van der Waals surface area contributed by atoms with Crippen molar-refractivity contribution in [2.24, 2.45) is 5.92 Å². The van der Waals surface area contributed by atoms with Crippen molar-refractivity contribution in [1.29, 1.82) is 0 Å². The smallest absolute Gasteiger partial charge is 0.233 e. The molecule has 1 N–H and O–H groups in total. The molecule has 0 saturated heterocycles. The average Bonchev–Trinajstić information content (AvgIpc) is 3.04. The second kappa shape index (κ2) is 8.89. The normalized spacial score (nSPS) is 16.6. The van der Waals surface area contributed by atoms with Crippen LogP contribution in [0, 0.1) is 11.0 Å². The summed E-state index contributed by atoms with van der Waals surface area (Å²) in [6, 6.07) is 4.45. The van der Waals surface area contributed by atoms with Gasteiger partial charge in [0.05, 0.1) is 22.0 Å². The molecule has 1 amide bonds. The van der Waals surface area contributed by atoms with E-state index in [1.54, 1.807) is 6.07 Å². The van der Waals surface area contributed by atoms with E-state index in [4.69, 9.17) is 11.6 Å². The van der Waals surface area contributed by atoms with Crippen LogP contribution in [0.5, 0.6) is 0 Å². The number of carbonyl (C=O) groups excluding carboxylic acids is 2. The maximum Gasteiger partial charge on any atom is 0.233 e. The molecule has 0 spiro atoms. The topological polar surface area (TPSA) is 93.2 Å². The summed E-state index contributed by atoms with van der Waals surface area (Å²) in [5, 5.41) is 2.31. The minimum Gasteiger partial charge on any atom is -0.301 e. The van der Waals surface area contributed by atoms with Gasteiger partial charge in [0.25, 0.3) is 0 Å². The van der Waals surface area contributed by atoms with Crippen LogP contribution in [0.25, 0.3) is 0 Å². The van der Waals surface area contributed by atoms with Crippen LogP contribution in [-0.4, -0.2) is 31.3 Å². The molecule has 29 heavy (non-hydrogen) atoms. The predicted molar refractivity (Wildman–Crippen MR) is 110 cm³/mol. The van der Waals surface area contributed by atoms with Crippen molar-refractivity contribution in [3.05, 3.63) is 40.1 Å². The maximum absolute atomic E-state index is 13.2. The van der Waals surface area contributed by atoms with Crippen LogP contribution in [0.4, 0.5) is 9.52 Å². The third-order valence-corrected chi connectivity index (χ3v) is 7.29. The van der Waals surface area contributed by atoms with E-state index in [9.17, 15) is 22.4 Å². The van der Waals surface area contributed by atoms with Crippen LogP contribution in [0.1, 0.15) is 43.6 Å². The van der Waals surface area contributed by atoms with Gasteiger partial charge in [0.2, 0.25) is 5.91 Å². The van der Waals surface area contributed by atoms with Gasteiger partial charge in [0, 0.05) is 19.1 Å². The van der Waals surface area contributed by atoms with Crippen LogP contribution in [0.2, 0.25) is 5.02 Å². The largest absolute Gasteiger partial charge is 0.301 e. The number of anilines is 1. The average molecular weight is 459 g/mol. The van der Waals surface area contributed by atoms with E-state index in [-0.39, 0.29) is 32.7 Å². The highest BCUT2D eigenvalue weighted by Gasteiger charge is 2.29. The van der Waals surface area contributed by atoms with Gasteiger partial charge in [-0.25, -0.2) is 13.4 Å². The van der Waals surface area contributed by atoms with E-state index in [1.165, 1.54) is 12.1 Å². The van der Waals surface area contributed by atoms with Gasteiger partial charge in [-0.15, -0.1) is 0 Å². The first-order valence-electron chi connectivity index (χ1n) is 9.07. The first-order chi connectivity index (χ1) is 13.6. The molecule has 1 fully saturated rings. The van der Waals surface area contributed by atoms with E-state index in [0.717, 1.165) is 23.8 Å². The second-order valence-electron chi connectivity index (χ2n) is 7.19. The third kappa shape index (κ3) is 5.61. The molecule has 1 heterocycles. The van der Waals surface area contributed by atoms with Gasteiger partial charge in [-0.3, -0.25) is 9.59 Å². The van der Waals surface area contributed by atoms with Crippen molar-refractivity contribution in [2.45, 2.75) is 42.9 Å². The van der Waals surface area contributed by atoms with Crippen LogP contribution in [-0.2, 0) is 19.4 Å². The molecule has 1 aromatic heterocycles. The highest BCUT2D eigenvalue weighted by atomic mass is 35.5. The number of amides is 1. The predicted octanol–water partition coefficient (Wildman–Crippen LogP) is 4.21. The fourth-order valence-corrected chi connectivity index (χ4v) is 5.39. The number of carbonyl (C=O) groups is 2. The van der Waals surface area contributed by atoms with E-state index in [1.807, 2.05) is 0 Å². The molecule has 1 aliphatic carbocycles. The Morgan fingerprint density at radius 2 is 2.07 bits per heavy atom. The number of rotatable bonds is 6. The summed E-state index contributed by atoms with van der Waals surface area (Å²) in [4.78, 5) is 28.3. The number of hydrogen-bond donors (Lipinski definition) is 1. The number of aromatic nitrogens is 1. The van der Waals surface area contributed by atoms with Crippen LogP contribution in [0.15, 0.2) is 29.3 Å². The van der Waals surface area contributed by atoms with E-state index in [2.05, 4.69) is 10.3 Å². The molecular formula is C19H20ClFN2O4S2. The van der Waals surface area contributed by atoms with Gasteiger partial charge in [-0.05, 0) is 42.9 Å². The number of sulfone groups is 1. The summed E-state index contributed by atoms with van der Waals surface area (Å²) in [7, 11) is -3.50. The monoisotopic (exact) mass is 458 g/mol. The van der Waals surface area contributed by atoms with Crippen molar-refractivity contribution in [2.75, 3.05) is 11.6 Å². The van der Waals surface area contributed by atoms with Crippen molar-refractivity contribution < 1.29 is 22.4 Å². The zero-order valence-electron chi connectivity index (χ0n) is 15.7. The zero-order chi connectivity index (χ0) is 21.2. The Bertz CT molecular complexity index is 1030. The van der Waals surface area contributed by atoms with Gasteiger partial charge < -0.3 is 5.32 Å². The summed E-state index contributed by atoms with van der Waals surface area (Å²) >= 11 is 6.90. The van der Waals surface area contributed by atoms with Crippen LogP contribution in [0.3, 0.4) is 0 Å². The Morgan fingerprint density at radius 1 is 1.38 bits per heavy atom. The number of hydrogen-bond acceptors (Lipinski definition) is 6. The standard InChI is InChI=1S/C19H20ClFN2O4S2/c1-29(26,27)16-7-4-12(9-15(16)20)14(8-11-2-5-13(24)6-3-11)18(25)23-19-22-10-17(21)28-19/h4,7,9-11,14H,2-3,5-6,8H2,1H3,(H,22,23,25). The van der Waals surface area contributed by atoms with Gasteiger partial charge >= 0.3 is 0 Å². The Hall–Kier alpha value is -1.84. The van der Waals surface area contributed by atoms with Crippen molar-refractivity contribution in [1.82, 2.24) is 4.98 Å². The van der Waals surface area contributed by atoms with E-state index in [0.29, 0.717) is 37.7 Å². The number of nitrogens with one attached hydrogen (secondary N) is 1. The molecule has 1 saturated carbocycles. The summed E-state index contributed by atoms with van der Waals surface area (Å²) in [5.74, 6) is -0.614. The first kappa shape index (κ1) is 21.9. The minimum atomic E-state index is -3.50. The molecule has 1 aliphatic rings. The molecule has 10 heteroatoms. The molecule has 1 atom stereocenters. The lowest BCUT2D eigenvalue weighted by Crippen LogP contribution is -2.25. The quantitative estimate of drug-likeness (QED) is 0.699. The number of Topliss-reactive ketones (excluding diaryl/α,β-unsaturated/α-hetero) is 1. The lowest BCUT2D eigenvalue weighted by molar-refractivity contribution is -0.121. The molecule has 0 radical (unpaired) electrons. The van der Waals surface area contributed by atoms with Crippen molar-refractivity contribution in [3.8, 4) is 0 Å². The summed E-state index contributed by atoms with van der Waals surface area (Å²) in [6.07, 6.45) is 4.94. The molecule has 6 nitrogen and oxygen atoms in total. The SMILES string of the molecule is CS(=O)(=O)c1ccc(C(CC2CCC(=O)CC2)C(=O)Nc2ncc(F)s2)cc1Cl. The lowest BCUT2D eigenvalue weighted by Gasteiger charge is -2.26. The summed E-state index contributed by atoms with van der Waals surface area (Å²) in [6.45, 7) is 0. The van der Waals surface area contributed by atoms with Gasteiger partial charge in [0.15, 0.2) is 20.1 Å². The molecule has 2 aromatic rings. The second-order valence-corrected chi connectivity index (χ2v) is 10.6. The molecule has 156 valence electrons. The molecule has 3 rings (SSSR count). The number of benzene rings is 1. The first-order valence-corrected chi connectivity index (χ1v) is 12.2. The molecule has 0 aliphatic heterocycles. The molecule has 0 bridgehead atoms. The fourth-order valence-electron chi connectivity index (χ4n) is 3.50. The van der Waals surface area contributed by atoms with Crippen LogP contribution < -0.4 is 5.32 Å².